The second-order valence-electron chi connectivity index (χ2n) is 4.42. The van der Waals surface area contributed by atoms with E-state index in [9.17, 15) is 4.79 Å². The van der Waals surface area contributed by atoms with Crippen molar-refractivity contribution in [3.8, 4) is 5.75 Å². The Balaban J connectivity index is 1.92. The van der Waals surface area contributed by atoms with Crippen LogP contribution >= 0.6 is 11.3 Å². The van der Waals surface area contributed by atoms with Gasteiger partial charge in [-0.05, 0) is 24.4 Å². The van der Waals surface area contributed by atoms with Gasteiger partial charge < -0.3 is 15.2 Å². The Labute approximate surface area is 129 Å². The standard InChI is InChI=1S/C13H13N5O3S/c1-7(21-9-4-6-22-10(9)11(19)20-2)8-3-5-15-13-16-12(14)17-18(8)13/h3-7H,1-2H3,(H2,14,17)/t7-/m0/s1. The molecule has 0 amide bonds. The molecule has 0 radical (unpaired) electrons. The minimum Gasteiger partial charge on any atom is -0.483 e. The van der Waals surface area contributed by atoms with Gasteiger partial charge in [0.25, 0.3) is 5.78 Å². The Morgan fingerprint density at radius 1 is 1.45 bits per heavy atom. The number of hydrogen-bond acceptors (Lipinski definition) is 8. The summed E-state index contributed by atoms with van der Waals surface area (Å²) in [5, 5.41) is 5.86. The predicted molar refractivity (Wildman–Crippen MR) is 79.9 cm³/mol. The number of hydrogen-bond donors (Lipinski definition) is 1. The summed E-state index contributed by atoms with van der Waals surface area (Å²) in [5.41, 5.74) is 6.31. The van der Waals surface area contributed by atoms with E-state index < -0.39 is 5.97 Å². The van der Waals surface area contributed by atoms with E-state index in [2.05, 4.69) is 15.1 Å². The molecule has 9 heteroatoms. The highest BCUT2D eigenvalue weighted by molar-refractivity contribution is 7.12. The van der Waals surface area contributed by atoms with Crippen LogP contribution in [-0.2, 0) is 4.74 Å². The summed E-state index contributed by atoms with van der Waals surface area (Å²) in [6.07, 6.45) is 1.22. The number of nitrogen functional groups attached to an aromatic ring is 1. The first-order valence-corrected chi connectivity index (χ1v) is 7.27. The number of methoxy groups -OCH3 is 1. The lowest BCUT2D eigenvalue weighted by Crippen LogP contribution is -2.11. The molecule has 0 spiro atoms. The van der Waals surface area contributed by atoms with Gasteiger partial charge in [-0.3, -0.25) is 0 Å². The molecule has 0 saturated carbocycles. The minimum atomic E-state index is -0.429. The highest BCUT2D eigenvalue weighted by Gasteiger charge is 2.19. The van der Waals surface area contributed by atoms with Crippen LogP contribution in [0, 0.1) is 0 Å². The van der Waals surface area contributed by atoms with Crippen LogP contribution in [0.4, 0.5) is 5.95 Å². The van der Waals surface area contributed by atoms with Gasteiger partial charge in [0, 0.05) is 6.20 Å². The van der Waals surface area contributed by atoms with Crippen LogP contribution in [0.5, 0.6) is 5.75 Å². The predicted octanol–water partition coefficient (Wildman–Crippen LogP) is 1.69. The number of ether oxygens (including phenoxy) is 2. The van der Waals surface area contributed by atoms with Crippen LogP contribution in [0.15, 0.2) is 23.7 Å². The van der Waals surface area contributed by atoms with Crippen LogP contribution in [0.25, 0.3) is 5.78 Å². The summed E-state index contributed by atoms with van der Waals surface area (Å²) in [4.78, 5) is 20.2. The fourth-order valence-electron chi connectivity index (χ4n) is 2.02. The van der Waals surface area contributed by atoms with E-state index >= 15 is 0 Å². The van der Waals surface area contributed by atoms with Crippen molar-refractivity contribution in [3.63, 3.8) is 0 Å². The van der Waals surface area contributed by atoms with Gasteiger partial charge in [0.2, 0.25) is 5.95 Å². The molecule has 3 rings (SSSR count). The van der Waals surface area contributed by atoms with E-state index in [-0.39, 0.29) is 12.1 Å². The number of nitrogens with two attached hydrogens (primary N) is 1. The van der Waals surface area contributed by atoms with E-state index in [1.54, 1.807) is 23.7 Å². The SMILES string of the molecule is COC(=O)c1sccc1O[C@@H](C)c1ccnc2nc(N)nn12. The van der Waals surface area contributed by atoms with Crippen molar-refractivity contribution < 1.29 is 14.3 Å². The lowest BCUT2D eigenvalue weighted by Gasteiger charge is -2.15. The maximum Gasteiger partial charge on any atom is 0.351 e. The van der Waals surface area contributed by atoms with Crippen molar-refractivity contribution in [2.45, 2.75) is 13.0 Å². The average molecular weight is 319 g/mol. The van der Waals surface area contributed by atoms with Crippen LogP contribution < -0.4 is 10.5 Å². The number of nitrogens with zero attached hydrogens (tertiary/aromatic N) is 4. The van der Waals surface area contributed by atoms with E-state index in [1.165, 1.54) is 23.0 Å². The normalized spacial score (nSPS) is 12.3. The minimum absolute atomic E-state index is 0.137. The van der Waals surface area contributed by atoms with Gasteiger partial charge in [0.1, 0.15) is 11.9 Å². The number of fused-ring (bicyclic) bond motifs is 1. The van der Waals surface area contributed by atoms with Crippen molar-refractivity contribution in [1.82, 2.24) is 19.6 Å². The number of anilines is 1. The lowest BCUT2D eigenvalue weighted by atomic mass is 10.2. The Kier molecular flexibility index (Phi) is 3.63. The molecular formula is C13H13N5O3S. The first kappa shape index (κ1) is 14.3. The smallest absolute Gasteiger partial charge is 0.351 e. The van der Waals surface area contributed by atoms with Crippen molar-refractivity contribution >= 4 is 29.0 Å². The molecule has 0 saturated heterocycles. The van der Waals surface area contributed by atoms with Gasteiger partial charge in [-0.15, -0.1) is 16.4 Å². The first-order valence-electron chi connectivity index (χ1n) is 6.39. The third kappa shape index (κ3) is 2.46. The van der Waals surface area contributed by atoms with Crippen LogP contribution in [0.3, 0.4) is 0 Å². The topological polar surface area (TPSA) is 105 Å². The monoisotopic (exact) mass is 319 g/mol. The zero-order valence-corrected chi connectivity index (χ0v) is 12.7. The number of aromatic nitrogens is 4. The zero-order chi connectivity index (χ0) is 15.7. The van der Waals surface area contributed by atoms with Gasteiger partial charge in [-0.1, -0.05) is 0 Å². The summed E-state index contributed by atoms with van der Waals surface area (Å²) >= 11 is 1.26. The average Bonchev–Trinajstić information content (AvgIpc) is 3.11. The molecule has 3 heterocycles. The van der Waals surface area contributed by atoms with Crippen molar-refractivity contribution in [2.24, 2.45) is 0 Å². The number of esters is 1. The Morgan fingerprint density at radius 2 is 2.27 bits per heavy atom. The molecule has 3 aromatic rings. The summed E-state index contributed by atoms with van der Waals surface area (Å²) in [5.74, 6) is 0.561. The Bertz CT molecular complexity index is 828. The third-order valence-corrected chi connectivity index (χ3v) is 3.88. The molecule has 0 aliphatic heterocycles. The molecule has 0 aliphatic carbocycles. The summed E-state index contributed by atoms with van der Waals surface area (Å²) in [6.45, 7) is 1.84. The van der Waals surface area contributed by atoms with Crippen LogP contribution in [0.1, 0.15) is 28.4 Å². The van der Waals surface area contributed by atoms with Gasteiger partial charge in [0.05, 0.1) is 12.8 Å². The highest BCUT2D eigenvalue weighted by Crippen LogP contribution is 2.30. The van der Waals surface area contributed by atoms with Gasteiger partial charge >= 0.3 is 5.97 Å². The molecule has 3 aromatic heterocycles. The molecule has 1 atom stereocenters. The fourth-order valence-corrected chi connectivity index (χ4v) is 2.76. The summed E-state index contributed by atoms with van der Waals surface area (Å²) in [6, 6.07) is 3.48. The van der Waals surface area contributed by atoms with Crippen molar-refractivity contribution in [1.29, 1.82) is 0 Å². The maximum atomic E-state index is 11.7. The number of thiophene rings is 1. The van der Waals surface area contributed by atoms with Gasteiger partial charge in [-0.25, -0.2) is 9.78 Å². The quantitative estimate of drug-likeness (QED) is 0.730. The largest absolute Gasteiger partial charge is 0.483 e. The Hall–Kier alpha value is -2.68. The molecule has 0 unspecified atom stereocenters. The van der Waals surface area contributed by atoms with Gasteiger partial charge in [-0.2, -0.15) is 9.50 Å². The number of carbonyl (C=O) groups is 1. The lowest BCUT2D eigenvalue weighted by molar-refractivity contribution is 0.0599. The Morgan fingerprint density at radius 3 is 3.05 bits per heavy atom. The molecule has 0 aromatic carbocycles. The molecule has 0 aliphatic rings. The van der Waals surface area contributed by atoms with Crippen LogP contribution in [0.2, 0.25) is 0 Å². The molecule has 0 fully saturated rings. The first-order chi connectivity index (χ1) is 10.6. The molecule has 22 heavy (non-hydrogen) atoms. The molecule has 2 N–H and O–H groups in total. The van der Waals surface area contributed by atoms with E-state index in [0.29, 0.717) is 16.4 Å². The maximum absolute atomic E-state index is 11.7. The second-order valence-corrected chi connectivity index (χ2v) is 5.33. The molecular weight excluding hydrogens is 306 g/mol. The van der Waals surface area contributed by atoms with E-state index in [0.717, 1.165) is 5.69 Å². The van der Waals surface area contributed by atoms with E-state index in [4.69, 9.17) is 15.2 Å². The van der Waals surface area contributed by atoms with Crippen LogP contribution in [-0.4, -0.2) is 32.7 Å². The fraction of sp³-hybridized carbons (Fsp3) is 0.231. The third-order valence-electron chi connectivity index (χ3n) is 3.01. The van der Waals surface area contributed by atoms with Crippen molar-refractivity contribution in [3.05, 3.63) is 34.3 Å². The highest BCUT2D eigenvalue weighted by atomic mass is 32.1. The second kappa shape index (κ2) is 5.60. The number of rotatable bonds is 4. The summed E-state index contributed by atoms with van der Waals surface area (Å²) < 4.78 is 12.1. The molecule has 8 nitrogen and oxygen atoms in total. The van der Waals surface area contributed by atoms with Gasteiger partial charge in [0.15, 0.2) is 4.88 Å². The number of carbonyl (C=O) groups excluding carboxylic acids is 1. The zero-order valence-electron chi connectivity index (χ0n) is 11.9. The van der Waals surface area contributed by atoms with E-state index in [1.807, 2.05) is 6.92 Å². The molecule has 114 valence electrons. The molecule has 0 bridgehead atoms. The summed E-state index contributed by atoms with van der Waals surface area (Å²) in [7, 11) is 1.33. The van der Waals surface area contributed by atoms with Crippen molar-refractivity contribution in [2.75, 3.05) is 12.8 Å².